The molecule has 0 saturated heterocycles. The van der Waals surface area contributed by atoms with Crippen LogP contribution in [0.2, 0.25) is 0 Å². The molecule has 0 radical (unpaired) electrons. The SMILES string of the molecule is CSc1ccc2c(c1)CCCCC2=O. The lowest BCUT2D eigenvalue weighted by molar-refractivity contribution is 0.0982. The molecule has 74 valence electrons. The number of hydrogen-bond donors (Lipinski definition) is 0. The molecule has 1 nitrogen and oxygen atoms in total. The number of thioether (sulfide) groups is 1. The fourth-order valence-electron chi connectivity index (χ4n) is 1.91. The van der Waals surface area contributed by atoms with Gasteiger partial charge in [0.2, 0.25) is 0 Å². The Kier molecular flexibility index (Phi) is 2.92. The van der Waals surface area contributed by atoms with Crippen LogP contribution in [0, 0.1) is 0 Å². The summed E-state index contributed by atoms with van der Waals surface area (Å²) in [5, 5.41) is 0. The van der Waals surface area contributed by atoms with Gasteiger partial charge in [-0.3, -0.25) is 4.79 Å². The largest absolute Gasteiger partial charge is 0.294 e. The maximum absolute atomic E-state index is 11.7. The number of fused-ring (bicyclic) bond motifs is 1. The number of ketones is 1. The van der Waals surface area contributed by atoms with E-state index in [0.29, 0.717) is 5.78 Å². The minimum Gasteiger partial charge on any atom is -0.294 e. The summed E-state index contributed by atoms with van der Waals surface area (Å²) in [6.07, 6.45) is 6.06. The van der Waals surface area contributed by atoms with E-state index < -0.39 is 0 Å². The number of aryl methyl sites for hydroxylation is 1. The zero-order valence-corrected chi connectivity index (χ0v) is 9.19. The molecule has 1 aromatic carbocycles. The summed E-state index contributed by atoms with van der Waals surface area (Å²) >= 11 is 1.74. The van der Waals surface area contributed by atoms with Gasteiger partial charge >= 0.3 is 0 Å². The summed E-state index contributed by atoms with van der Waals surface area (Å²) in [5.74, 6) is 0.324. The molecule has 1 aliphatic carbocycles. The molecule has 2 rings (SSSR count). The maximum atomic E-state index is 11.7. The van der Waals surface area contributed by atoms with Gasteiger partial charge in [0.15, 0.2) is 5.78 Å². The Hall–Kier alpha value is -0.760. The van der Waals surface area contributed by atoms with Crippen LogP contribution in [0.1, 0.15) is 35.2 Å². The van der Waals surface area contributed by atoms with E-state index in [9.17, 15) is 4.79 Å². The minimum absolute atomic E-state index is 0.324. The Bertz CT molecular complexity index is 357. The molecule has 1 aromatic rings. The predicted octanol–water partition coefficient (Wildman–Crippen LogP) is 3.32. The molecule has 0 amide bonds. The molecular weight excluding hydrogens is 192 g/mol. The van der Waals surface area contributed by atoms with Crippen LogP contribution in [0.5, 0.6) is 0 Å². The summed E-state index contributed by atoms with van der Waals surface area (Å²) in [7, 11) is 0. The average molecular weight is 206 g/mol. The molecule has 0 atom stereocenters. The molecule has 14 heavy (non-hydrogen) atoms. The minimum atomic E-state index is 0.324. The van der Waals surface area contributed by atoms with E-state index in [0.717, 1.165) is 31.2 Å². The van der Waals surface area contributed by atoms with Crippen molar-refractivity contribution in [3.8, 4) is 0 Å². The van der Waals surface area contributed by atoms with Crippen molar-refractivity contribution in [3.63, 3.8) is 0 Å². The highest BCUT2D eigenvalue weighted by molar-refractivity contribution is 7.98. The molecule has 2 heteroatoms. The van der Waals surface area contributed by atoms with Gasteiger partial charge in [-0.15, -0.1) is 11.8 Å². The van der Waals surface area contributed by atoms with Crippen molar-refractivity contribution in [3.05, 3.63) is 29.3 Å². The first-order valence-electron chi connectivity index (χ1n) is 5.01. The summed E-state index contributed by atoms with van der Waals surface area (Å²) in [6.45, 7) is 0. The monoisotopic (exact) mass is 206 g/mol. The second kappa shape index (κ2) is 4.18. The second-order valence-electron chi connectivity index (χ2n) is 3.65. The van der Waals surface area contributed by atoms with Crippen molar-refractivity contribution in [2.75, 3.05) is 6.26 Å². The van der Waals surface area contributed by atoms with E-state index >= 15 is 0 Å². The maximum Gasteiger partial charge on any atom is 0.163 e. The average Bonchev–Trinajstić information content (AvgIpc) is 2.40. The van der Waals surface area contributed by atoms with Crippen molar-refractivity contribution < 1.29 is 4.79 Å². The summed E-state index contributed by atoms with van der Waals surface area (Å²) in [5.41, 5.74) is 2.21. The first kappa shape index (κ1) is 9.78. The van der Waals surface area contributed by atoms with Crippen molar-refractivity contribution >= 4 is 17.5 Å². The highest BCUT2D eigenvalue weighted by atomic mass is 32.2. The third kappa shape index (κ3) is 1.85. The van der Waals surface area contributed by atoms with Crippen molar-refractivity contribution in [2.45, 2.75) is 30.6 Å². The Morgan fingerprint density at radius 3 is 2.79 bits per heavy atom. The van der Waals surface area contributed by atoms with Crippen LogP contribution in [-0.4, -0.2) is 12.0 Å². The van der Waals surface area contributed by atoms with E-state index in [-0.39, 0.29) is 0 Å². The quantitative estimate of drug-likeness (QED) is 0.518. The van der Waals surface area contributed by atoms with Gasteiger partial charge in [-0.25, -0.2) is 0 Å². The van der Waals surface area contributed by atoms with Crippen molar-refractivity contribution in [2.24, 2.45) is 0 Å². The van der Waals surface area contributed by atoms with Gasteiger partial charge in [-0.2, -0.15) is 0 Å². The summed E-state index contributed by atoms with van der Waals surface area (Å²) in [6, 6.07) is 6.21. The van der Waals surface area contributed by atoms with Crippen LogP contribution in [0.25, 0.3) is 0 Å². The zero-order chi connectivity index (χ0) is 9.97. The fraction of sp³-hybridized carbons (Fsp3) is 0.417. The highest BCUT2D eigenvalue weighted by Gasteiger charge is 2.15. The second-order valence-corrected chi connectivity index (χ2v) is 4.53. The lowest BCUT2D eigenvalue weighted by Gasteiger charge is -2.05. The van der Waals surface area contributed by atoms with Gasteiger partial charge in [0, 0.05) is 16.9 Å². The Morgan fingerprint density at radius 1 is 1.21 bits per heavy atom. The molecular formula is C12H14OS. The van der Waals surface area contributed by atoms with Crippen LogP contribution < -0.4 is 0 Å². The highest BCUT2D eigenvalue weighted by Crippen LogP contribution is 2.25. The zero-order valence-electron chi connectivity index (χ0n) is 8.38. The molecule has 0 saturated carbocycles. The number of hydrogen-bond acceptors (Lipinski definition) is 2. The Balaban J connectivity index is 2.43. The van der Waals surface area contributed by atoms with Crippen LogP contribution in [0.15, 0.2) is 23.1 Å². The topological polar surface area (TPSA) is 17.1 Å². The molecule has 0 aromatic heterocycles. The van der Waals surface area contributed by atoms with Gasteiger partial charge in [0.05, 0.1) is 0 Å². The van der Waals surface area contributed by atoms with E-state index in [4.69, 9.17) is 0 Å². The van der Waals surface area contributed by atoms with Crippen molar-refractivity contribution in [1.29, 1.82) is 0 Å². The lowest BCUT2D eigenvalue weighted by Crippen LogP contribution is -1.99. The van der Waals surface area contributed by atoms with Gasteiger partial charge in [-0.05, 0) is 43.2 Å². The van der Waals surface area contributed by atoms with Crippen LogP contribution >= 0.6 is 11.8 Å². The molecule has 0 unspecified atom stereocenters. The molecule has 0 N–H and O–H groups in total. The lowest BCUT2D eigenvalue weighted by atomic mass is 10.0. The number of Topliss-reactive ketones (excluding diaryl/α,β-unsaturated/α-hetero) is 1. The molecule has 0 spiro atoms. The molecule has 0 bridgehead atoms. The first-order valence-corrected chi connectivity index (χ1v) is 6.24. The standard InChI is InChI=1S/C12H14OS/c1-14-10-6-7-11-9(8-10)4-2-3-5-12(11)13/h6-8H,2-5H2,1H3. The van der Waals surface area contributed by atoms with E-state index in [1.165, 1.54) is 10.5 Å². The van der Waals surface area contributed by atoms with E-state index in [1.54, 1.807) is 11.8 Å². The van der Waals surface area contributed by atoms with Crippen LogP contribution in [0.3, 0.4) is 0 Å². The number of rotatable bonds is 1. The number of benzene rings is 1. The Morgan fingerprint density at radius 2 is 2.00 bits per heavy atom. The molecule has 0 heterocycles. The van der Waals surface area contributed by atoms with Gasteiger partial charge in [-0.1, -0.05) is 6.07 Å². The Labute approximate surface area is 88.9 Å². The third-order valence-corrected chi connectivity index (χ3v) is 3.44. The van der Waals surface area contributed by atoms with Gasteiger partial charge < -0.3 is 0 Å². The first-order chi connectivity index (χ1) is 6.81. The molecule has 0 aliphatic heterocycles. The predicted molar refractivity (Wildman–Crippen MR) is 60.1 cm³/mol. The van der Waals surface area contributed by atoms with Crippen molar-refractivity contribution in [1.82, 2.24) is 0 Å². The van der Waals surface area contributed by atoms with Gasteiger partial charge in [0.25, 0.3) is 0 Å². The van der Waals surface area contributed by atoms with Gasteiger partial charge in [0.1, 0.15) is 0 Å². The molecule has 0 fully saturated rings. The van der Waals surface area contributed by atoms with E-state index in [1.807, 2.05) is 12.1 Å². The smallest absolute Gasteiger partial charge is 0.163 e. The van der Waals surface area contributed by atoms with E-state index in [2.05, 4.69) is 12.3 Å². The molecule has 1 aliphatic rings. The normalized spacial score (nSPS) is 16.2. The number of carbonyl (C=O) groups excluding carboxylic acids is 1. The van der Waals surface area contributed by atoms with Crippen LogP contribution in [0.4, 0.5) is 0 Å². The summed E-state index contributed by atoms with van der Waals surface area (Å²) in [4.78, 5) is 13.0. The number of carbonyl (C=O) groups is 1. The third-order valence-electron chi connectivity index (χ3n) is 2.71. The summed E-state index contributed by atoms with van der Waals surface area (Å²) < 4.78 is 0. The van der Waals surface area contributed by atoms with Crippen LogP contribution in [-0.2, 0) is 6.42 Å². The fourth-order valence-corrected chi connectivity index (χ4v) is 2.38.